The number of hydrogen-bond donors (Lipinski definition) is 1. The van der Waals surface area contributed by atoms with Crippen LogP contribution in [0.25, 0.3) is 0 Å². The van der Waals surface area contributed by atoms with Crippen molar-refractivity contribution in [2.75, 3.05) is 39.3 Å². The third kappa shape index (κ3) is 5.13. The zero-order chi connectivity index (χ0) is 18.2. The molecular formula is C19H23BrN2O3. The molecule has 0 fully saturated rings. The molecule has 0 aliphatic rings. The van der Waals surface area contributed by atoms with Crippen LogP contribution in [0.1, 0.15) is 16.8 Å². The van der Waals surface area contributed by atoms with E-state index in [1.165, 1.54) is 0 Å². The molecular weight excluding hydrogens is 384 g/mol. The topological polar surface area (TPSA) is 50.8 Å². The summed E-state index contributed by atoms with van der Waals surface area (Å²) in [5.41, 5.74) is 1.67. The van der Waals surface area contributed by atoms with Gasteiger partial charge in [0.05, 0.1) is 14.2 Å². The molecule has 0 saturated carbocycles. The van der Waals surface area contributed by atoms with Crippen LogP contribution >= 0.6 is 15.9 Å². The van der Waals surface area contributed by atoms with Gasteiger partial charge in [0.1, 0.15) is 16.0 Å². The molecule has 6 heteroatoms. The van der Waals surface area contributed by atoms with E-state index in [0.29, 0.717) is 28.1 Å². The fourth-order valence-corrected chi connectivity index (χ4v) is 2.98. The van der Waals surface area contributed by atoms with E-state index < -0.39 is 0 Å². The van der Waals surface area contributed by atoms with Crippen molar-refractivity contribution in [3.8, 4) is 11.5 Å². The Bertz CT molecular complexity index is 682. The third-order valence-electron chi connectivity index (χ3n) is 3.86. The van der Waals surface area contributed by atoms with Crippen molar-refractivity contribution in [2.45, 2.75) is 6.42 Å². The predicted octanol–water partition coefficient (Wildman–Crippen LogP) is 3.72. The van der Waals surface area contributed by atoms with Gasteiger partial charge in [-0.05, 0) is 46.6 Å². The fourth-order valence-electron chi connectivity index (χ4n) is 2.43. The van der Waals surface area contributed by atoms with Gasteiger partial charge in [-0.25, -0.2) is 0 Å². The molecule has 0 aromatic heterocycles. The van der Waals surface area contributed by atoms with Crippen molar-refractivity contribution in [3.05, 3.63) is 52.5 Å². The number of amides is 1. The lowest BCUT2D eigenvalue weighted by molar-refractivity contribution is 0.0952. The first-order valence-electron chi connectivity index (χ1n) is 8.02. The number of ether oxygens (including phenoxy) is 2. The van der Waals surface area contributed by atoms with Crippen molar-refractivity contribution in [1.29, 1.82) is 0 Å². The van der Waals surface area contributed by atoms with E-state index in [-0.39, 0.29) is 5.91 Å². The summed E-state index contributed by atoms with van der Waals surface area (Å²) in [5, 5.41) is 2.94. The standard InChI is InChI=1S/C19H23BrN2O3/c1-22(15-8-5-4-6-9-15)11-7-10-21-19(23)14-12-16(24-2)18(20)17(13-14)25-3/h4-6,8-9,12-13H,7,10-11H2,1-3H3,(H,21,23). The highest BCUT2D eigenvalue weighted by atomic mass is 79.9. The average molecular weight is 407 g/mol. The number of benzene rings is 2. The van der Waals surface area contributed by atoms with Gasteiger partial charge in [-0.15, -0.1) is 0 Å². The zero-order valence-corrected chi connectivity index (χ0v) is 16.3. The van der Waals surface area contributed by atoms with E-state index in [4.69, 9.17) is 9.47 Å². The van der Waals surface area contributed by atoms with Crippen LogP contribution in [0.3, 0.4) is 0 Å². The maximum Gasteiger partial charge on any atom is 0.251 e. The Hall–Kier alpha value is -2.21. The number of para-hydroxylation sites is 1. The molecule has 0 radical (unpaired) electrons. The van der Waals surface area contributed by atoms with Crippen molar-refractivity contribution in [1.82, 2.24) is 5.32 Å². The summed E-state index contributed by atoms with van der Waals surface area (Å²) in [6, 6.07) is 13.6. The number of hydrogen-bond acceptors (Lipinski definition) is 4. The van der Waals surface area contributed by atoms with Crippen LogP contribution in [0.2, 0.25) is 0 Å². The summed E-state index contributed by atoms with van der Waals surface area (Å²) < 4.78 is 11.2. The number of carbonyl (C=O) groups is 1. The van der Waals surface area contributed by atoms with Gasteiger partial charge in [0.2, 0.25) is 0 Å². The molecule has 0 heterocycles. The summed E-state index contributed by atoms with van der Waals surface area (Å²) in [6.45, 7) is 1.45. The number of anilines is 1. The summed E-state index contributed by atoms with van der Waals surface area (Å²) >= 11 is 3.40. The molecule has 1 amide bonds. The highest BCUT2D eigenvalue weighted by molar-refractivity contribution is 9.10. The number of rotatable bonds is 8. The minimum atomic E-state index is -0.147. The minimum absolute atomic E-state index is 0.147. The number of halogens is 1. The second-order valence-electron chi connectivity index (χ2n) is 5.56. The molecule has 0 aliphatic carbocycles. The van der Waals surface area contributed by atoms with Crippen LogP contribution in [0.5, 0.6) is 11.5 Å². The molecule has 2 aromatic rings. The SMILES string of the molecule is COc1cc(C(=O)NCCCN(C)c2ccccc2)cc(OC)c1Br. The van der Waals surface area contributed by atoms with Gasteiger partial charge in [0, 0.05) is 31.4 Å². The predicted molar refractivity (Wildman–Crippen MR) is 104 cm³/mol. The van der Waals surface area contributed by atoms with Crippen molar-refractivity contribution < 1.29 is 14.3 Å². The van der Waals surface area contributed by atoms with Crippen molar-refractivity contribution in [2.24, 2.45) is 0 Å². The molecule has 0 saturated heterocycles. The Labute approximate surface area is 157 Å². The normalized spacial score (nSPS) is 10.2. The lowest BCUT2D eigenvalue weighted by Gasteiger charge is -2.19. The van der Waals surface area contributed by atoms with E-state index in [1.54, 1.807) is 26.4 Å². The molecule has 0 unspecified atom stereocenters. The summed E-state index contributed by atoms with van der Waals surface area (Å²) in [5.74, 6) is 0.980. The Morgan fingerprint density at radius 2 is 1.72 bits per heavy atom. The van der Waals surface area contributed by atoms with E-state index in [0.717, 1.165) is 18.7 Å². The molecule has 0 bridgehead atoms. The lowest BCUT2D eigenvalue weighted by atomic mass is 10.2. The maximum absolute atomic E-state index is 12.4. The fraction of sp³-hybridized carbons (Fsp3) is 0.316. The van der Waals surface area contributed by atoms with Gasteiger partial charge in [-0.3, -0.25) is 4.79 Å². The number of carbonyl (C=O) groups excluding carboxylic acids is 1. The average Bonchev–Trinajstić information content (AvgIpc) is 2.65. The second kappa shape index (κ2) is 9.32. The lowest BCUT2D eigenvalue weighted by Crippen LogP contribution is -2.28. The van der Waals surface area contributed by atoms with Crippen LogP contribution in [0.4, 0.5) is 5.69 Å². The highest BCUT2D eigenvalue weighted by Crippen LogP contribution is 2.35. The molecule has 25 heavy (non-hydrogen) atoms. The first-order chi connectivity index (χ1) is 12.1. The summed E-state index contributed by atoms with van der Waals surface area (Å²) in [7, 11) is 5.16. The van der Waals surface area contributed by atoms with Gasteiger partial charge in [0.15, 0.2) is 0 Å². The number of nitrogens with zero attached hydrogens (tertiary/aromatic N) is 1. The molecule has 2 rings (SSSR count). The van der Waals surface area contributed by atoms with Gasteiger partial charge < -0.3 is 19.7 Å². The minimum Gasteiger partial charge on any atom is -0.495 e. The molecule has 0 aliphatic heterocycles. The summed E-state index contributed by atoms with van der Waals surface area (Å²) in [4.78, 5) is 14.5. The molecule has 1 N–H and O–H groups in total. The largest absolute Gasteiger partial charge is 0.495 e. The van der Waals surface area contributed by atoms with E-state index in [9.17, 15) is 4.79 Å². The molecule has 0 atom stereocenters. The Kier molecular flexibility index (Phi) is 7.13. The van der Waals surface area contributed by atoms with Gasteiger partial charge in [0.25, 0.3) is 5.91 Å². The Morgan fingerprint density at radius 1 is 1.12 bits per heavy atom. The zero-order valence-electron chi connectivity index (χ0n) is 14.7. The Balaban J connectivity index is 1.88. The maximum atomic E-state index is 12.4. The van der Waals surface area contributed by atoms with E-state index >= 15 is 0 Å². The monoisotopic (exact) mass is 406 g/mol. The molecule has 0 spiro atoms. The van der Waals surface area contributed by atoms with E-state index in [2.05, 4.69) is 38.3 Å². The number of nitrogens with one attached hydrogen (secondary N) is 1. The van der Waals surface area contributed by atoms with Gasteiger partial charge >= 0.3 is 0 Å². The smallest absolute Gasteiger partial charge is 0.251 e. The van der Waals surface area contributed by atoms with Crippen molar-refractivity contribution in [3.63, 3.8) is 0 Å². The third-order valence-corrected chi connectivity index (χ3v) is 4.64. The van der Waals surface area contributed by atoms with Crippen LogP contribution < -0.4 is 19.7 Å². The Morgan fingerprint density at radius 3 is 2.28 bits per heavy atom. The van der Waals surface area contributed by atoms with E-state index in [1.807, 2.05) is 25.2 Å². The van der Waals surface area contributed by atoms with Crippen LogP contribution in [-0.2, 0) is 0 Å². The molecule has 2 aromatic carbocycles. The molecule has 134 valence electrons. The quantitative estimate of drug-likeness (QED) is 0.678. The summed E-state index contributed by atoms with van der Waals surface area (Å²) in [6.07, 6.45) is 0.849. The first-order valence-corrected chi connectivity index (χ1v) is 8.82. The van der Waals surface area contributed by atoms with Crippen LogP contribution in [0, 0.1) is 0 Å². The van der Waals surface area contributed by atoms with Gasteiger partial charge in [-0.2, -0.15) is 0 Å². The van der Waals surface area contributed by atoms with Crippen molar-refractivity contribution >= 4 is 27.5 Å². The highest BCUT2D eigenvalue weighted by Gasteiger charge is 2.14. The van der Waals surface area contributed by atoms with Crippen LogP contribution in [-0.4, -0.2) is 40.3 Å². The molecule has 5 nitrogen and oxygen atoms in total. The number of methoxy groups -OCH3 is 2. The van der Waals surface area contributed by atoms with Crippen LogP contribution in [0.15, 0.2) is 46.9 Å². The van der Waals surface area contributed by atoms with Gasteiger partial charge in [-0.1, -0.05) is 18.2 Å². The first kappa shape index (κ1) is 19.1. The second-order valence-corrected chi connectivity index (χ2v) is 6.35.